The molecule has 0 fully saturated rings. The lowest BCUT2D eigenvalue weighted by Crippen LogP contribution is -2.23. The summed E-state index contributed by atoms with van der Waals surface area (Å²) < 4.78 is 0. The second-order valence-electron chi connectivity index (χ2n) is 4.56. The van der Waals surface area contributed by atoms with Crippen molar-refractivity contribution in [1.82, 2.24) is 15.3 Å². The molecule has 2 aromatic heterocycles. The first-order valence-electron chi connectivity index (χ1n) is 6.69. The fourth-order valence-electron chi connectivity index (χ4n) is 1.71. The Hall–Kier alpha value is -1.66. The highest BCUT2D eigenvalue weighted by molar-refractivity contribution is 7.09. The van der Waals surface area contributed by atoms with Crippen LogP contribution in [0.3, 0.4) is 0 Å². The number of aryl methyl sites for hydroxylation is 1. The Labute approximate surface area is 132 Å². The van der Waals surface area contributed by atoms with Gasteiger partial charge in [-0.15, -0.1) is 11.3 Å². The van der Waals surface area contributed by atoms with Gasteiger partial charge >= 0.3 is 0 Å². The van der Waals surface area contributed by atoms with Gasteiger partial charge in [-0.3, -0.25) is 4.79 Å². The fraction of sp³-hybridized carbons (Fsp3) is 0.357. The van der Waals surface area contributed by atoms with Gasteiger partial charge in [-0.2, -0.15) is 0 Å². The highest BCUT2D eigenvalue weighted by atomic mass is 35.5. The van der Waals surface area contributed by atoms with Crippen molar-refractivity contribution in [2.45, 2.75) is 26.8 Å². The first-order valence-corrected chi connectivity index (χ1v) is 7.95. The third-order valence-corrected chi connectivity index (χ3v) is 3.84. The van der Waals surface area contributed by atoms with Crippen molar-refractivity contribution < 1.29 is 4.79 Å². The number of hydrogen-bond acceptors (Lipinski definition) is 5. The maximum Gasteiger partial charge on any atom is 0.251 e. The number of carbonyl (C=O) groups excluding carboxylic acids is 1. The van der Waals surface area contributed by atoms with Crippen molar-refractivity contribution in [2.75, 3.05) is 11.9 Å². The summed E-state index contributed by atoms with van der Waals surface area (Å²) in [5, 5.41) is 9.09. The molecule has 2 heterocycles. The number of hydrogen-bond donors (Lipinski definition) is 2. The van der Waals surface area contributed by atoms with Crippen LogP contribution < -0.4 is 10.6 Å². The van der Waals surface area contributed by atoms with E-state index in [9.17, 15) is 4.79 Å². The van der Waals surface area contributed by atoms with Crippen molar-refractivity contribution in [3.8, 4) is 0 Å². The van der Waals surface area contributed by atoms with Gasteiger partial charge < -0.3 is 10.6 Å². The van der Waals surface area contributed by atoms with E-state index in [0.29, 0.717) is 23.1 Å². The van der Waals surface area contributed by atoms with Gasteiger partial charge in [0.15, 0.2) is 0 Å². The largest absolute Gasteiger partial charge is 0.370 e. The van der Waals surface area contributed by atoms with Crippen LogP contribution in [0.2, 0.25) is 5.15 Å². The Bertz CT molecular complexity index is 629. The minimum atomic E-state index is -0.188. The van der Waals surface area contributed by atoms with Crippen LogP contribution >= 0.6 is 22.9 Å². The predicted molar refractivity (Wildman–Crippen MR) is 86.0 cm³/mol. The van der Waals surface area contributed by atoms with Crippen molar-refractivity contribution >= 4 is 34.7 Å². The minimum Gasteiger partial charge on any atom is -0.370 e. The van der Waals surface area contributed by atoms with Crippen LogP contribution in [0.25, 0.3) is 0 Å². The van der Waals surface area contributed by atoms with E-state index in [4.69, 9.17) is 11.6 Å². The van der Waals surface area contributed by atoms with E-state index < -0.39 is 0 Å². The molecule has 0 saturated heterocycles. The summed E-state index contributed by atoms with van der Waals surface area (Å²) >= 11 is 7.48. The zero-order chi connectivity index (χ0) is 15.2. The van der Waals surface area contributed by atoms with Crippen molar-refractivity contribution in [3.05, 3.63) is 38.9 Å². The number of rotatable bonds is 6. The summed E-state index contributed by atoms with van der Waals surface area (Å²) in [5.41, 5.74) is 1.45. The molecule has 0 radical (unpaired) electrons. The monoisotopic (exact) mass is 324 g/mol. The molecule has 0 unspecified atom stereocenters. The summed E-state index contributed by atoms with van der Waals surface area (Å²) in [6, 6.07) is 3.26. The molecule has 0 bridgehead atoms. The van der Waals surface area contributed by atoms with Gasteiger partial charge in [-0.1, -0.05) is 18.5 Å². The lowest BCUT2D eigenvalue weighted by Gasteiger charge is -2.08. The van der Waals surface area contributed by atoms with E-state index in [1.54, 1.807) is 12.1 Å². The Morgan fingerprint density at radius 1 is 1.38 bits per heavy atom. The van der Waals surface area contributed by atoms with Gasteiger partial charge in [-0.05, 0) is 25.5 Å². The molecule has 2 N–H and O–H groups in total. The minimum absolute atomic E-state index is 0.188. The molecule has 0 spiro atoms. The number of amides is 1. The quantitative estimate of drug-likeness (QED) is 0.800. The number of nitrogens with zero attached hydrogens (tertiary/aromatic N) is 2. The van der Waals surface area contributed by atoms with Crippen LogP contribution in [-0.2, 0) is 6.54 Å². The highest BCUT2D eigenvalue weighted by Gasteiger charge is 2.10. The molecule has 7 heteroatoms. The van der Waals surface area contributed by atoms with Gasteiger partial charge in [0.2, 0.25) is 0 Å². The number of thiazole rings is 1. The SMILES string of the molecule is CCCNc1cc(C(=O)NCc2nc(C)cs2)cc(Cl)n1. The number of pyridine rings is 1. The molecule has 0 aliphatic heterocycles. The lowest BCUT2D eigenvalue weighted by atomic mass is 10.2. The fourth-order valence-corrected chi connectivity index (χ4v) is 2.63. The van der Waals surface area contributed by atoms with E-state index in [1.807, 2.05) is 12.3 Å². The van der Waals surface area contributed by atoms with Crippen molar-refractivity contribution in [3.63, 3.8) is 0 Å². The molecule has 112 valence electrons. The van der Waals surface area contributed by atoms with Gasteiger partial charge in [0.05, 0.1) is 6.54 Å². The number of anilines is 1. The maximum atomic E-state index is 12.2. The van der Waals surface area contributed by atoms with Crippen LogP contribution in [-0.4, -0.2) is 22.4 Å². The lowest BCUT2D eigenvalue weighted by molar-refractivity contribution is 0.0951. The number of aromatic nitrogens is 2. The molecule has 2 rings (SSSR count). The second-order valence-corrected chi connectivity index (χ2v) is 5.89. The summed E-state index contributed by atoms with van der Waals surface area (Å²) in [6.45, 7) is 5.18. The molecule has 5 nitrogen and oxygen atoms in total. The zero-order valence-corrected chi connectivity index (χ0v) is 13.5. The third-order valence-electron chi connectivity index (χ3n) is 2.68. The first-order chi connectivity index (χ1) is 10.1. The molecule has 0 atom stereocenters. The summed E-state index contributed by atoms with van der Waals surface area (Å²) in [7, 11) is 0. The average molecular weight is 325 g/mol. The zero-order valence-electron chi connectivity index (χ0n) is 11.9. The summed E-state index contributed by atoms with van der Waals surface area (Å²) in [5.74, 6) is 0.422. The second kappa shape index (κ2) is 7.38. The van der Waals surface area contributed by atoms with Crippen LogP contribution in [0, 0.1) is 6.92 Å². The van der Waals surface area contributed by atoms with Gasteiger partial charge in [-0.25, -0.2) is 9.97 Å². The smallest absolute Gasteiger partial charge is 0.251 e. The molecule has 0 aromatic carbocycles. The van der Waals surface area contributed by atoms with Crippen LogP contribution in [0.1, 0.15) is 34.4 Å². The Balaban J connectivity index is 2.02. The highest BCUT2D eigenvalue weighted by Crippen LogP contribution is 2.15. The Kier molecular flexibility index (Phi) is 5.52. The molecular weight excluding hydrogens is 308 g/mol. The average Bonchev–Trinajstić information content (AvgIpc) is 2.87. The molecule has 0 saturated carbocycles. The van der Waals surface area contributed by atoms with E-state index in [0.717, 1.165) is 23.7 Å². The van der Waals surface area contributed by atoms with E-state index in [-0.39, 0.29) is 5.91 Å². The standard InChI is InChI=1S/C14H17ClN4OS/c1-3-4-16-12-6-10(5-11(15)19-12)14(20)17-7-13-18-9(2)8-21-13/h5-6,8H,3-4,7H2,1-2H3,(H,16,19)(H,17,20). The third kappa shape index (κ3) is 4.68. The van der Waals surface area contributed by atoms with Crippen molar-refractivity contribution in [2.24, 2.45) is 0 Å². The summed E-state index contributed by atoms with van der Waals surface area (Å²) in [6.07, 6.45) is 0.971. The van der Waals surface area contributed by atoms with E-state index in [1.165, 1.54) is 11.3 Å². The first kappa shape index (κ1) is 15.7. The van der Waals surface area contributed by atoms with E-state index in [2.05, 4.69) is 27.5 Å². The molecule has 0 aliphatic carbocycles. The normalized spacial score (nSPS) is 10.4. The van der Waals surface area contributed by atoms with Crippen molar-refractivity contribution in [1.29, 1.82) is 0 Å². The van der Waals surface area contributed by atoms with Crippen LogP contribution in [0.5, 0.6) is 0 Å². The topological polar surface area (TPSA) is 66.9 Å². The van der Waals surface area contributed by atoms with E-state index >= 15 is 0 Å². The van der Waals surface area contributed by atoms with Gasteiger partial charge in [0, 0.05) is 23.2 Å². The number of nitrogens with one attached hydrogen (secondary N) is 2. The summed E-state index contributed by atoms with van der Waals surface area (Å²) in [4.78, 5) is 20.6. The van der Waals surface area contributed by atoms with Crippen LogP contribution in [0.4, 0.5) is 5.82 Å². The maximum absolute atomic E-state index is 12.2. The number of halogens is 1. The van der Waals surface area contributed by atoms with Crippen LogP contribution in [0.15, 0.2) is 17.5 Å². The molecule has 21 heavy (non-hydrogen) atoms. The molecule has 0 aliphatic rings. The van der Waals surface area contributed by atoms with Gasteiger partial charge in [0.1, 0.15) is 16.0 Å². The number of carbonyl (C=O) groups is 1. The van der Waals surface area contributed by atoms with Gasteiger partial charge in [0.25, 0.3) is 5.91 Å². The Morgan fingerprint density at radius 3 is 2.86 bits per heavy atom. The molecule has 1 amide bonds. The molecular formula is C14H17ClN4OS. The molecule has 2 aromatic rings. The Morgan fingerprint density at radius 2 is 2.19 bits per heavy atom. The predicted octanol–water partition coefficient (Wildman–Crippen LogP) is 3.25.